The van der Waals surface area contributed by atoms with E-state index in [1.165, 1.54) is 0 Å². The summed E-state index contributed by atoms with van der Waals surface area (Å²) in [6, 6.07) is 29.5. The fraction of sp³-hybridized carbons (Fsp3) is 0.125. The van der Waals surface area contributed by atoms with Crippen LogP contribution < -0.4 is 0 Å². The minimum atomic E-state index is -0.127. The van der Waals surface area contributed by atoms with E-state index in [2.05, 4.69) is 10.3 Å². The zero-order chi connectivity index (χ0) is 20.1. The third-order valence-electron chi connectivity index (χ3n) is 4.81. The molecule has 1 heterocycles. The Bertz CT molecular complexity index is 1080. The Kier molecular flexibility index (Phi) is 5.47. The first-order valence-corrected chi connectivity index (χ1v) is 9.67. The number of carbonyl (C=O) groups excluding carboxylic acids is 1. The van der Waals surface area contributed by atoms with E-state index < -0.39 is 0 Å². The lowest BCUT2D eigenvalue weighted by molar-refractivity contribution is 0.0747. The molecular formula is C24H22N4O. The number of benzene rings is 3. The van der Waals surface area contributed by atoms with Gasteiger partial charge in [-0.25, -0.2) is 4.68 Å². The minimum absolute atomic E-state index is 0.127. The van der Waals surface area contributed by atoms with Gasteiger partial charge in [0.15, 0.2) is 5.69 Å². The molecule has 0 saturated heterocycles. The van der Waals surface area contributed by atoms with E-state index in [-0.39, 0.29) is 5.91 Å². The van der Waals surface area contributed by atoms with Crippen molar-refractivity contribution in [3.63, 3.8) is 0 Å². The van der Waals surface area contributed by atoms with E-state index >= 15 is 0 Å². The zero-order valence-corrected chi connectivity index (χ0v) is 16.3. The van der Waals surface area contributed by atoms with Crippen molar-refractivity contribution in [2.24, 2.45) is 0 Å². The molecule has 0 radical (unpaired) electrons. The van der Waals surface area contributed by atoms with Gasteiger partial charge in [0, 0.05) is 18.7 Å². The largest absolute Gasteiger partial charge is 0.333 e. The van der Waals surface area contributed by atoms with Crippen molar-refractivity contribution in [2.75, 3.05) is 6.54 Å². The van der Waals surface area contributed by atoms with E-state index in [1.54, 1.807) is 9.58 Å². The summed E-state index contributed by atoms with van der Waals surface area (Å²) in [7, 11) is 0. The van der Waals surface area contributed by atoms with Gasteiger partial charge in [-0.3, -0.25) is 4.79 Å². The molecule has 5 heteroatoms. The Morgan fingerprint density at radius 3 is 2.07 bits per heavy atom. The summed E-state index contributed by atoms with van der Waals surface area (Å²) in [5.41, 5.74) is 3.91. The number of hydrogen-bond donors (Lipinski definition) is 0. The number of nitrogens with zero attached hydrogens (tertiary/aromatic N) is 4. The highest BCUT2D eigenvalue weighted by molar-refractivity contribution is 5.98. The summed E-state index contributed by atoms with van der Waals surface area (Å²) >= 11 is 0. The maximum Gasteiger partial charge on any atom is 0.277 e. The first kappa shape index (κ1) is 18.6. The SMILES string of the molecule is CCN(Cc1ccccc1)C(=O)c1nnn(-c2ccccc2)c1-c1ccccc1. The molecule has 0 fully saturated rings. The van der Waals surface area contributed by atoms with E-state index in [0.29, 0.717) is 24.5 Å². The van der Waals surface area contributed by atoms with Crippen LogP contribution in [0.4, 0.5) is 0 Å². The van der Waals surface area contributed by atoms with E-state index in [1.807, 2.05) is 97.9 Å². The maximum absolute atomic E-state index is 13.4. The Morgan fingerprint density at radius 1 is 0.862 bits per heavy atom. The molecule has 0 bridgehead atoms. The predicted molar refractivity (Wildman–Crippen MR) is 114 cm³/mol. The topological polar surface area (TPSA) is 51.0 Å². The van der Waals surface area contributed by atoms with Crippen molar-refractivity contribution in [3.8, 4) is 16.9 Å². The smallest absolute Gasteiger partial charge is 0.277 e. The average Bonchev–Trinajstić information content (AvgIpc) is 3.24. The highest BCUT2D eigenvalue weighted by atomic mass is 16.2. The minimum Gasteiger partial charge on any atom is -0.333 e. The summed E-state index contributed by atoms with van der Waals surface area (Å²) in [6.45, 7) is 3.09. The number of para-hydroxylation sites is 1. The molecule has 0 saturated carbocycles. The highest BCUT2D eigenvalue weighted by Crippen LogP contribution is 2.26. The Balaban J connectivity index is 1.77. The lowest BCUT2D eigenvalue weighted by Crippen LogP contribution is -2.31. The van der Waals surface area contributed by atoms with Gasteiger partial charge in [-0.05, 0) is 24.6 Å². The fourth-order valence-corrected chi connectivity index (χ4v) is 3.31. The van der Waals surface area contributed by atoms with Gasteiger partial charge >= 0.3 is 0 Å². The van der Waals surface area contributed by atoms with Crippen LogP contribution in [-0.4, -0.2) is 32.3 Å². The van der Waals surface area contributed by atoms with Crippen molar-refractivity contribution >= 4 is 5.91 Å². The number of aromatic nitrogens is 3. The fourth-order valence-electron chi connectivity index (χ4n) is 3.31. The van der Waals surface area contributed by atoms with Gasteiger partial charge in [-0.15, -0.1) is 5.10 Å². The van der Waals surface area contributed by atoms with Crippen molar-refractivity contribution in [1.82, 2.24) is 19.9 Å². The van der Waals surface area contributed by atoms with Crippen LogP contribution in [0.5, 0.6) is 0 Å². The molecule has 0 aliphatic carbocycles. The number of carbonyl (C=O) groups is 1. The highest BCUT2D eigenvalue weighted by Gasteiger charge is 2.25. The Hall–Kier alpha value is -3.73. The molecule has 0 atom stereocenters. The summed E-state index contributed by atoms with van der Waals surface area (Å²) < 4.78 is 1.74. The molecule has 0 aliphatic rings. The molecule has 5 nitrogen and oxygen atoms in total. The van der Waals surface area contributed by atoms with Gasteiger partial charge in [0.1, 0.15) is 5.69 Å². The number of hydrogen-bond acceptors (Lipinski definition) is 3. The van der Waals surface area contributed by atoms with E-state index in [9.17, 15) is 4.79 Å². The van der Waals surface area contributed by atoms with Crippen molar-refractivity contribution < 1.29 is 4.79 Å². The lowest BCUT2D eigenvalue weighted by atomic mass is 10.1. The number of rotatable bonds is 6. The van der Waals surface area contributed by atoms with Crippen LogP contribution in [0.15, 0.2) is 91.0 Å². The first-order valence-electron chi connectivity index (χ1n) is 9.67. The van der Waals surface area contributed by atoms with Crippen LogP contribution in [0.3, 0.4) is 0 Å². The maximum atomic E-state index is 13.4. The van der Waals surface area contributed by atoms with Crippen molar-refractivity contribution in [2.45, 2.75) is 13.5 Å². The predicted octanol–water partition coefficient (Wildman–Crippen LogP) is 4.60. The Labute approximate surface area is 170 Å². The molecule has 1 aromatic heterocycles. The van der Waals surface area contributed by atoms with Gasteiger partial charge in [0.05, 0.1) is 5.69 Å². The number of amides is 1. The second kappa shape index (κ2) is 8.52. The van der Waals surface area contributed by atoms with Gasteiger partial charge in [0.2, 0.25) is 0 Å². The van der Waals surface area contributed by atoms with Gasteiger partial charge in [-0.1, -0.05) is 84.1 Å². The summed E-state index contributed by atoms with van der Waals surface area (Å²) in [5, 5.41) is 8.63. The molecule has 1 amide bonds. The summed E-state index contributed by atoms with van der Waals surface area (Å²) in [6.07, 6.45) is 0. The summed E-state index contributed by atoms with van der Waals surface area (Å²) in [4.78, 5) is 15.2. The monoisotopic (exact) mass is 382 g/mol. The second-order valence-corrected chi connectivity index (χ2v) is 6.70. The molecule has 0 N–H and O–H groups in total. The second-order valence-electron chi connectivity index (χ2n) is 6.70. The van der Waals surface area contributed by atoms with Crippen molar-refractivity contribution in [1.29, 1.82) is 0 Å². The van der Waals surface area contributed by atoms with Crippen LogP contribution >= 0.6 is 0 Å². The van der Waals surface area contributed by atoms with Crippen LogP contribution in [0, 0.1) is 0 Å². The molecule has 4 rings (SSSR count). The Morgan fingerprint density at radius 2 is 1.45 bits per heavy atom. The first-order chi connectivity index (χ1) is 14.3. The quantitative estimate of drug-likeness (QED) is 0.490. The third kappa shape index (κ3) is 3.94. The van der Waals surface area contributed by atoms with Gasteiger partial charge in [0.25, 0.3) is 5.91 Å². The van der Waals surface area contributed by atoms with Crippen LogP contribution in [0.25, 0.3) is 16.9 Å². The van der Waals surface area contributed by atoms with E-state index in [0.717, 1.165) is 16.8 Å². The van der Waals surface area contributed by atoms with Gasteiger partial charge in [-0.2, -0.15) is 0 Å². The molecule has 0 aliphatic heterocycles. The average molecular weight is 382 g/mol. The molecule has 29 heavy (non-hydrogen) atoms. The van der Waals surface area contributed by atoms with Crippen molar-refractivity contribution in [3.05, 3.63) is 102 Å². The molecule has 0 unspecified atom stereocenters. The molecule has 144 valence electrons. The zero-order valence-electron chi connectivity index (χ0n) is 16.3. The van der Waals surface area contributed by atoms with Crippen LogP contribution in [-0.2, 0) is 6.54 Å². The lowest BCUT2D eigenvalue weighted by Gasteiger charge is -2.20. The van der Waals surface area contributed by atoms with Crippen LogP contribution in [0.2, 0.25) is 0 Å². The standard InChI is InChI=1S/C24H22N4O/c1-2-27(18-19-12-6-3-7-13-19)24(29)22-23(20-14-8-4-9-15-20)28(26-25-22)21-16-10-5-11-17-21/h3-17H,2,18H2,1H3. The molecule has 0 spiro atoms. The normalized spacial score (nSPS) is 10.7. The molecule has 3 aromatic carbocycles. The summed E-state index contributed by atoms with van der Waals surface area (Å²) in [5.74, 6) is -0.127. The van der Waals surface area contributed by atoms with Gasteiger partial charge < -0.3 is 4.90 Å². The van der Waals surface area contributed by atoms with E-state index in [4.69, 9.17) is 0 Å². The molecular weight excluding hydrogens is 360 g/mol. The van der Waals surface area contributed by atoms with Crippen LogP contribution in [0.1, 0.15) is 23.0 Å². The third-order valence-corrected chi connectivity index (χ3v) is 4.81. The molecule has 4 aromatic rings.